The molecule has 2 N–H and O–H groups in total. The summed E-state index contributed by atoms with van der Waals surface area (Å²) in [6.45, 7) is 7.46. The number of fused-ring (bicyclic) bond motifs is 1. The molecule has 0 saturated carbocycles. The van der Waals surface area contributed by atoms with E-state index in [1.165, 1.54) is 26.0 Å². The van der Waals surface area contributed by atoms with Crippen LogP contribution in [0.15, 0.2) is 51.9 Å². The third kappa shape index (κ3) is 7.71. The number of halogens is 3. The molecule has 3 atom stereocenters. The number of aliphatic hydroxyl groups excluding tert-OH is 1. The van der Waals surface area contributed by atoms with Crippen LogP contribution in [-0.4, -0.2) is 73.3 Å². The predicted molar refractivity (Wildman–Crippen MR) is 157 cm³/mol. The van der Waals surface area contributed by atoms with Crippen LogP contribution >= 0.6 is 0 Å². The van der Waals surface area contributed by atoms with Crippen molar-refractivity contribution < 1.29 is 40.8 Å². The van der Waals surface area contributed by atoms with Crippen LogP contribution < -0.4 is 9.46 Å². The fourth-order valence-corrected chi connectivity index (χ4v) is 6.64. The molecule has 44 heavy (non-hydrogen) atoms. The Labute approximate surface area is 254 Å². The second kappa shape index (κ2) is 13.2. The average Bonchev–Trinajstić information content (AvgIpc) is 3.31. The summed E-state index contributed by atoms with van der Waals surface area (Å²) in [5.41, 5.74) is 0.850. The van der Waals surface area contributed by atoms with E-state index in [4.69, 9.17) is 9.26 Å². The largest absolute Gasteiger partial charge is 0.488 e. The Hall–Kier alpha value is -3.62. The fraction of sp³-hybridized carbons (Fsp3) is 0.467. The van der Waals surface area contributed by atoms with Crippen LogP contribution in [0.1, 0.15) is 42.0 Å². The van der Waals surface area contributed by atoms with Gasteiger partial charge in [-0.1, -0.05) is 24.2 Å². The number of benzene rings is 2. The number of aryl methyl sites for hydroxylation is 2. The highest BCUT2D eigenvalue weighted by Gasteiger charge is 2.32. The van der Waals surface area contributed by atoms with Crippen LogP contribution in [0.2, 0.25) is 0 Å². The van der Waals surface area contributed by atoms with Crippen molar-refractivity contribution in [3.63, 3.8) is 0 Å². The van der Waals surface area contributed by atoms with Gasteiger partial charge >= 0.3 is 6.18 Å². The molecule has 0 radical (unpaired) electrons. The van der Waals surface area contributed by atoms with Gasteiger partial charge in [0, 0.05) is 36.8 Å². The van der Waals surface area contributed by atoms with Crippen molar-refractivity contribution in [2.45, 2.75) is 63.9 Å². The summed E-state index contributed by atoms with van der Waals surface area (Å²) in [6.07, 6.45) is -4.97. The minimum atomic E-state index is -4.42. The molecular formula is C30H37F3N4O6S. The van der Waals surface area contributed by atoms with E-state index in [-0.39, 0.29) is 46.9 Å². The van der Waals surface area contributed by atoms with Gasteiger partial charge in [-0.05, 0) is 63.7 Å². The Bertz CT molecular complexity index is 1560. The zero-order valence-electron chi connectivity index (χ0n) is 25.2. The van der Waals surface area contributed by atoms with Crippen molar-refractivity contribution in [3.05, 3.63) is 70.6 Å². The Morgan fingerprint density at radius 2 is 1.86 bits per heavy atom. The maximum atomic E-state index is 13.5. The number of sulfonamides is 1. The third-order valence-electron chi connectivity index (χ3n) is 7.63. The highest BCUT2D eigenvalue weighted by molar-refractivity contribution is 7.92. The molecule has 1 aliphatic heterocycles. The zero-order valence-corrected chi connectivity index (χ0v) is 26.0. The predicted octanol–water partition coefficient (Wildman–Crippen LogP) is 4.39. The lowest BCUT2D eigenvalue weighted by atomic mass is 10.0. The Morgan fingerprint density at radius 1 is 1.18 bits per heavy atom. The number of alkyl halides is 3. The van der Waals surface area contributed by atoms with Gasteiger partial charge in [-0.15, -0.1) is 0 Å². The monoisotopic (exact) mass is 638 g/mol. The highest BCUT2D eigenvalue weighted by atomic mass is 32.2. The fourth-order valence-electron chi connectivity index (χ4n) is 5.26. The number of hydrogen-bond acceptors (Lipinski definition) is 8. The number of amides is 1. The molecule has 0 unspecified atom stereocenters. The number of aromatic nitrogens is 1. The maximum Gasteiger partial charge on any atom is 0.416 e. The standard InChI is InChI=1S/C30H37F3N4O6S/c1-18-14-37(19(2)17-38)28(39)13-23-12-25(35-44(40,41)29-20(3)34-43-21(29)4)10-11-26(23)42-27(18)16-36(5)15-22-6-8-24(9-7-22)30(31,32)33/h6-12,18-19,27,35,38H,13-17H2,1-5H3/t18-,19-,27-/m0/s1. The summed E-state index contributed by atoms with van der Waals surface area (Å²) in [6, 6.07) is 9.20. The molecule has 0 bridgehead atoms. The van der Waals surface area contributed by atoms with Gasteiger partial charge in [-0.2, -0.15) is 13.2 Å². The lowest BCUT2D eigenvalue weighted by Gasteiger charge is -2.34. The second-order valence-corrected chi connectivity index (χ2v) is 13.0. The topological polar surface area (TPSA) is 125 Å². The summed E-state index contributed by atoms with van der Waals surface area (Å²) in [5.74, 6) is 0.0819. The Kier molecular flexibility index (Phi) is 9.96. The first-order chi connectivity index (χ1) is 20.6. The SMILES string of the molecule is Cc1noc(C)c1S(=O)(=O)Nc1ccc2c(c1)CC(=O)N([C@@H](C)CO)C[C@H](C)[C@H](CN(C)Cc1ccc(C(F)(F)F)cc1)O2. The van der Waals surface area contributed by atoms with Crippen LogP contribution in [0.25, 0.3) is 0 Å². The molecule has 0 saturated heterocycles. The molecule has 1 aliphatic rings. The van der Waals surface area contributed by atoms with Crippen LogP contribution in [0.5, 0.6) is 5.75 Å². The van der Waals surface area contributed by atoms with Gasteiger partial charge in [-0.25, -0.2) is 8.42 Å². The molecule has 0 fully saturated rings. The van der Waals surface area contributed by atoms with E-state index in [2.05, 4.69) is 9.88 Å². The highest BCUT2D eigenvalue weighted by Crippen LogP contribution is 2.32. The van der Waals surface area contributed by atoms with Gasteiger partial charge in [0.1, 0.15) is 17.5 Å². The summed E-state index contributed by atoms with van der Waals surface area (Å²) < 4.78 is 79.2. The van der Waals surface area contributed by atoms with Gasteiger partial charge in [0.2, 0.25) is 5.91 Å². The number of carbonyl (C=O) groups is 1. The molecule has 1 amide bonds. The van der Waals surface area contributed by atoms with Gasteiger partial charge < -0.3 is 19.3 Å². The van der Waals surface area contributed by atoms with Crippen molar-refractivity contribution in [3.8, 4) is 5.75 Å². The van der Waals surface area contributed by atoms with Crippen molar-refractivity contribution in [2.24, 2.45) is 5.92 Å². The van der Waals surface area contributed by atoms with E-state index < -0.39 is 33.9 Å². The first-order valence-electron chi connectivity index (χ1n) is 14.1. The Morgan fingerprint density at radius 3 is 2.45 bits per heavy atom. The van der Waals surface area contributed by atoms with Crippen LogP contribution in [0, 0.1) is 19.8 Å². The molecule has 10 nitrogen and oxygen atoms in total. The lowest BCUT2D eigenvalue weighted by Crippen LogP contribution is -2.47. The van der Waals surface area contributed by atoms with Crippen molar-refractivity contribution in [1.82, 2.24) is 15.0 Å². The average molecular weight is 639 g/mol. The van der Waals surface area contributed by atoms with Gasteiger partial charge in [0.05, 0.1) is 24.6 Å². The van der Waals surface area contributed by atoms with Crippen molar-refractivity contribution >= 4 is 21.6 Å². The van der Waals surface area contributed by atoms with Crippen molar-refractivity contribution in [1.29, 1.82) is 0 Å². The van der Waals surface area contributed by atoms with Crippen molar-refractivity contribution in [2.75, 3.05) is 31.5 Å². The number of anilines is 1. The molecule has 14 heteroatoms. The second-order valence-electron chi connectivity index (χ2n) is 11.4. The van der Waals surface area contributed by atoms with E-state index in [1.807, 2.05) is 18.9 Å². The minimum Gasteiger partial charge on any atom is -0.488 e. The zero-order chi connectivity index (χ0) is 32.4. The maximum absolute atomic E-state index is 13.5. The molecule has 0 spiro atoms. The van der Waals surface area contributed by atoms with E-state index >= 15 is 0 Å². The molecule has 4 rings (SSSR count). The normalized spacial score (nSPS) is 18.7. The van der Waals surface area contributed by atoms with Crippen LogP contribution in [0.4, 0.5) is 18.9 Å². The quantitative estimate of drug-likeness (QED) is 0.354. The summed E-state index contributed by atoms with van der Waals surface area (Å²) in [4.78, 5) is 16.9. The first-order valence-corrected chi connectivity index (χ1v) is 15.6. The third-order valence-corrected chi connectivity index (χ3v) is 9.26. The van der Waals surface area contributed by atoms with Gasteiger partial charge in [0.25, 0.3) is 10.0 Å². The lowest BCUT2D eigenvalue weighted by molar-refractivity contribution is -0.137. The molecular weight excluding hydrogens is 601 g/mol. The Balaban J connectivity index is 1.61. The van der Waals surface area contributed by atoms with E-state index in [0.717, 1.165) is 12.1 Å². The number of aliphatic hydroxyl groups is 1. The molecule has 240 valence electrons. The minimum absolute atomic E-state index is 0.0683. The summed E-state index contributed by atoms with van der Waals surface area (Å²) in [5, 5.41) is 13.6. The van der Waals surface area contributed by atoms with Crippen LogP contribution in [0.3, 0.4) is 0 Å². The molecule has 3 aromatic rings. The summed E-state index contributed by atoms with van der Waals surface area (Å²) in [7, 11) is -2.22. The van der Waals surface area contributed by atoms with Gasteiger partial charge in [0.15, 0.2) is 10.7 Å². The van der Waals surface area contributed by atoms with Crippen LogP contribution in [-0.2, 0) is 34.0 Å². The first kappa shape index (κ1) is 33.3. The number of hydrogen-bond donors (Lipinski definition) is 2. The van der Waals surface area contributed by atoms with Gasteiger partial charge in [-0.3, -0.25) is 14.4 Å². The number of nitrogens with zero attached hydrogens (tertiary/aromatic N) is 3. The number of likely N-dealkylation sites (N-methyl/N-ethyl adjacent to an activating group) is 1. The van der Waals surface area contributed by atoms with E-state index in [1.54, 1.807) is 30.0 Å². The molecule has 0 aliphatic carbocycles. The molecule has 2 aromatic carbocycles. The number of nitrogens with one attached hydrogen (secondary N) is 1. The smallest absolute Gasteiger partial charge is 0.416 e. The molecule has 2 heterocycles. The summed E-state index contributed by atoms with van der Waals surface area (Å²) >= 11 is 0. The number of carbonyl (C=O) groups excluding carboxylic acids is 1. The number of ether oxygens (including phenoxy) is 1. The number of rotatable bonds is 9. The molecule has 1 aromatic heterocycles. The van der Waals surface area contributed by atoms with E-state index in [9.17, 15) is 31.5 Å². The van der Waals surface area contributed by atoms with E-state index in [0.29, 0.717) is 36.5 Å².